The van der Waals surface area contributed by atoms with Crippen molar-refractivity contribution in [3.63, 3.8) is 0 Å². The summed E-state index contributed by atoms with van der Waals surface area (Å²) in [6, 6.07) is 4.17. The van der Waals surface area contributed by atoms with Crippen LogP contribution in [0.15, 0.2) is 12.1 Å². The van der Waals surface area contributed by atoms with Crippen LogP contribution >= 0.6 is 12.4 Å². The molecule has 2 N–H and O–H groups in total. The van der Waals surface area contributed by atoms with E-state index in [0.29, 0.717) is 0 Å². The van der Waals surface area contributed by atoms with Gasteiger partial charge in [-0.1, -0.05) is 0 Å². The minimum atomic E-state index is 0. The molecule has 0 aromatic heterocycles. The summed E-state index contributed by atoms with van der Waals surface area (Å²) in [5, 5.41) is 0. The van der Waals surface area contributed by atoms with Crippen molar-refractivity contribution < 1.29 is 9.47 Å². The fourth-order valence-electron chi connectivity index (χ4n) is 2.22. The van der Waals surface area contributed by atoms with Crippen molar-refractivity contribution in [1.82, 2.24) is 0 Å². The highest BCUT2D eigenvalue weighted by Gasteiger charge is 2.22. The maximum absolute atomic E-state index is 5.97. The van der Waals surface area contributed by atoms with E-state index in [9.17, 15) is 0 Å². The predicted molar refractivity (Wildman–Crippen MR) is 66.8 cm³/mol. The lowest BCUT2D eigenvalue weighted by Gasteiger charge is -2.25. The lowest BCUT2D eigenvalue weighted by Crippen LogP contribution is -2.28. The van der Waals surface area contributed by atoms with E-state index >= 15 is 0 Å². The zero-order valence-corrected chi connectivity index (χ0v) is 10.5. The van der Waals surface area contributed by atoms with E-state index < -0.39 is 0 Å². The molecule has 2 rings (SSSR count). The SMILES string of the molecule is COc1ccc(OC)c2c1CCC(N)C2.Cl. The zero-order valence-electron chi connectivity index (χ0n) is 9.66. The molecular weight excluding hydrogens is 226 g/mol. The summed E-state index contributed by atoms with van der Waals surface area (Å²) in [4.78, 5) is 0. The first-order valence-corrected chi connectivity index (χ1v) is 5.24. The first-order chi connectivity index (χ1) is 7.26. The molecule has 1 aromatic rings. The molecule has 0 heterocycles. The molecule has 1 aromatic carbocycles. The van der Waals surface area contributed by atoms with Crippen molar-refractivity contribution in [3.05, 3.63) is 23.3 Å². The average molecular weight is 244 g/mol. The van der Waals surface area contributed by atoms with Gasteiger partial charge in [-0.3, -0.25) is 0 Å². The molecule has 0 aliphatic heterocycles. The van der Waals surface area contributed by atoms with Gasteiger partial charge in [0.1, 0.15) is 11.5 Å². The smallest absolute Gasteiger partial charge is 0.122 e. The van der Waals surface area contributed by atoms with Crippen molar-refractivity contribution in [2.24, 2.45) is 5.73 Å². The summed E-state index contributed by atoms with van der Waals surface area (Å²) in [7, 11) is 3.40. The van der Waals surface area contributed by atoms with Crippen LogP contribution in [0.1, 0.15) is 17.5 Å². The van der Waals surface area contributed by atoms with Gasteiger partial charge in [-0.15, -0.1) is 12.4 Å². The maximum atomic E-state index is 5.97. The van der Waals surface area contributed by atoms with Gasteiger partial charge in [0.2, 0.25) is 0 Å². The van der Waals surface area contributed by atoms with E-state index in [2.05, 4.69) is 0 Å². The van der Waals surface area contributed by atoms with Gasteiger partial charge in [0.15, 0.2) is 0 Å². The van der Waals surface area contributed by atoms with Crippen LogP contribution in [0.5, 0.6) is 11.5 Å². The molecule has 4 heteroatoms. The Kier molecular flexibility index (Phi) is 4.44. The van der Waals surface area contributed by atoms with Crippen LogP contribution in [0.3, 0.4) is 0 Å². The number of benzene rings is 1. The molecule has 0 saturated heterocycles. The van der Waals surface area contributed by atoms with Crippen LogP contribution in [-0.4, -0.2) is 20.3 Å². The van der Waals surface area contributed by atoms with Gasteiger partial charge >= 0.3 is 0 Å². The largest absolute Gasteiger partial charge is 0.496 e. The van der Waals surface area contributed by atoms with Crippen molar-refractivity contribution in [2.45, 2.75) is 25.3 Å². The average Bonchev–Trinajstić information content (AvgIpc) is 2.27. The Hall–Kier alpha value is -0.930. The molecule has 0 saturated carbocycles. The standard InChI is InChI=1S/C12H17NO2.ClH/c1-14-11-5-6-12(15-2)10-7-8(13)3-4-9(10)11;/h5-6,8H,3-4,7,13H2,1-2H3;1H. The molecule has 0 fully saturated rings. The van der Waals surface area contributed by atoms with Crippen LogP contribution in [-0.2, 0) is 12.8 Å². The highest BCUT2D eigenvalue weighted by atomic mass is 35.5. The molecule has 1 unspecified atom stereocenters. The second kappa shape index (κ2) is 5.41. The van der Waals surface area contributed by atoms with Crippen LogP contribution in [0.2, 0.25) is 0 Å². The molecule has 0 amide bonds. The summed E-state index contributed by atoms with van der Waals surface area (Å²) in [6.07, 6.45) is 2.89. The van der Waals surface area contributed by atoms with Crippen LogP contribution in [0, 0.1) is 0 Å². The Morgan fingerprint density at radius 1 is 1.12 bits per heavy atom. The van der Waals surface area contributed by atoms with E-state index in [1.54, 1.807) is 14.2 Å². The number of ether oxygens (including phenoxy) is 2. The van der Waals surface area contributed by atoms with Crippen molar-refractivity contribution >= 4 is 12.4 Å². The summed E-state index contributed by atoms with van der Waals surface area (Å²) < 4.78 is 10.7. The highest BCUT2D eigenvalue weighted by molar-refractivity contribution is 5.85. The molecular formula is C12H18ClNO2. The van der Waals surface area contributed by atoms with Gasteiger partial charge in [-0.25, -0.2) is 0 Å². The maximum Gasteiger partial charge on any atom is 0.122 e. The molecule has 1 aliphatic rings. The van der Waals surface area contributed by atoms with E-state index in [0.717, 1.165) is 30.8 Å². The molecule has 0 bridgehead atoms. The van der Waals surface area contributed by atoms with Gasteiger partial charge in [-0.05, 0) is 31.4 Å². The number of halogens is 1. The number of nitrogens with two attached hydrogens (primary N) is 1. The molecule has 3 nitrogen and oxygen atoms in total. The monoisotopic (exact) mass is 243 g/mol. The van der Waals surface area contributed by atoms with Crippen molar-refractivity contribution in [2.75, 3.05) is 14.2 Å². The van der Waals surface area contributed by atoms with Gasteiger partial charge in [-0.2, -0.15) is 0 Å². The summed E-state index contributed by atoms with van der Waals surface area (Å²) in [6.45, 7) is 0. The van der Waals surface area contributed by atoms with Crippen molar-refractivity contribution in [3.8, 4) is 11.5 Å². The van der Waals surface area contributed by atoms with Gasteiger partial charge in [0.25, 0.3) is 0 Å². The fourth-order valence-corrected chi connectivity index (χ4v) is 2.22. The predicted octanol–water partition coefficient (Wildman–Crippen LogP) is 1.94. The minimum Gasteiger partial charge on any atom is -0.496 e. The Morgan fingerprint density at radius 2 is 1.69 bits per heavy atom. The highest BCUT2D eigenvalue weighted by Crippen LogP contribution is 2.35. The third kappa shape index (κ3) is 2.25. The number of hydrogen-bond donors (Lipinski definition) is 1. The number of rotatable bonds is 2. The fraction of sp³-hybridized carbons (Fsp3) is 0.500. The van der Waals surface area contributed by atoms with Crippen molar-refractivity contribution in [1.29, 1.82) is 0 Å². The second-order valence-corrected chi connectivity index (χ2v) is 3.93. The molecule has 1 atom stereocenters. The third-order valence-electron chi connectivity index (χ3n) is 3.02. The summed E-state index contributed by atoms with van der Waals surface area (Å²) >= 11 is 0. The van der Waals surface area contributed by atoms with Crippen LogP contribution < -0.4 is 15.2 Å². The van der Waals surface area contributed by atoms with Crippen LogP contribution in [0.25, 0.3) is 0 Å². The lowest BCUT2D eigenvalue weighted by atomic mass is 9.87. The molecule has 16 heavy (non-hydrogen) atoms. The number of methoxy groups -OCH3 is 2. The van der Waals surface area contributed by atoms with Crippen LogP contribution in [0.4, 0.5) is 0 Å². The van der Waals surface area contributed by atoms with E-state index in [1.165, 1.54) is 11.1 Å². The quantitative estimate of drug-likeness (QED) is 0.864. The Balaban J connectivity index is 0.00000128. The molecule has 0 radical (unpaired) electrons. The first kappa shape index (κ1) is 13.1. The van der Waals surface area contributed by atoms with Gasteiger partial charge in [0, 0.05) is 17.2 Å². The first-order valence-electron chi connectivity index (χ1n) is 5.24. The third-order valence-corrected chi connectivity index (χ3v) is 3.02. The van der Waals surface area contributed by atoms with Gasteiger partial charge < -0.3 is 15.2 Å². The second-order valence-electron chi connectivity index (χ2n) is 3.93. The molecule has 0 spiro atoms. The normalized spacial score (nSPS) is 18.3. The Bertz CT molecular complexity index is 368. The Labute approximate surface area is 102 Å². The Morgan fingerprint density at radius 3 is 2.25 bits per heavy atom. The van der Waals surface area contributed by atoms with Gasteiger partial charge in [0.05, 0.1) is 14.2 Å². The van der Waals surface area contributed by atoms with E-state index in [4.69, 9.17) is 15.2 Å². The number of fused-ring (bicyclic) bond motifs is 1. The van der Waals surface area contributed by atoms with E-state index in [-0.39, 0.29) is 18.4 Å². The minimum absolute atomic E-state index is 0. The number of hydrogen-bond acceptors (Lipinski definition) is 3. The molecule has 1 aliphatic carbocycles. The lowest BCUT2D eigenvalue weighted by molar-refractivity contribution is 0.385. The topological polar surface area (TPSA) is 44.5 Å². The van der Waals surface area contributed by atoms with E-state index in [1.807, 2.05) is 12.1 Å². The summed E-state index contributed by atoms with van der Waals surface area (Å²) in [5.74, 6) is 1.89. The summed E-state index contributed by atoms with van der Waals surface area (Å²) in [5.41, 5.74) is 8.45. The molecule has 90 valence electrons. The zero-order chi connectivity index (χ0) is 10.8.